The van der Waals surface area contributed by atoms with Crippen molar-refractivity contribution in [2.24, 2.45) is 0 Å². The fraction of sp³-hybridized carbons (Fsp3) is 0.406. The van der Waals surface area contributed by atoms with Crippen LogP contribution in [0.1, 0.15) is 53.6 Å². The highest BCUT2D eigenvalue weighted by Crippen LogP contribution is 2.31. The summed E-state index contributed by atoms with van der Waals surface area (Å²) in [6.07, 6.45) is 3.02. The summed E-state index contributed by atoms with van der Waals surface area (Å²) in [5.41, 5.74) is 4.84. The van der Waals surface area contributed by atoms with Crippen LogP contribution in [0.25, 0.3) is 0 Å². The molecule has 3 atom stereocenters. The molecule has 0 spiro atoms. The first-order chi connectivity index (χ1) is 19.3. The Bertz CT molecular complexity index is 1270. The van der Waals surface area contributed by atoms with Crippen LogP contribution < -0.4 is 20.1 Å². The van der Waals surface area contributed by atoms with Crippen molar-refractivity contribution in [3.63, 3.8) is 0 Å². The number of carbonyl (C=O) groups is 1. The topological polar surface area (TPSA) is 79.8 Å². The van der Waals surface area contributed by atoms with Gasteiger partial charge in [-0.15, -0.1) is 0 Å². The van der Waals surface area contributed by atoms with E-state index in [0.717, 1.165) is 31.7 Å². The average molecular weight is 553 g/mol. The molecule has 4 rings (SSSR count). The number of fused-ring (bicyclic) bond motifs is 1. The number of aliphatic hydroxyl groups is 1. The van der Waals surface area contributed by atoms with Crippen molar-refractivity contribution < 1.29 is 28.2 Å². The first-order valence-corrected chi connectivity index (χ1v) is 13.8. The normalized spacial score (nSPS) is 16.1. The van der Waals surface area contributed by atoms with E-state index in [4.69, 9.17) is 9.47 Å². The molecule has 214 valence electrons. The van der Waals surface area contributed by atoms with E-state index in [1.54, 1.807) is 18.2 Å². The second kappa shape index (κ2) is 13.7. The summed E-state index contributed by atoms with van der Waals surface area (Å²) in [5.74, 6) is -0.649. The van der Waals surface area contributed by atoms with E-state index in [0.29, 0.717) is 22.6 Å². The Morgan fingerprint density at radius 1 is 0.975 bits per heavy atom. The predicted molar refractivity (Wildman–Crippen MR) is 151 cm³/mol. The quantitative estimate of drug-likeness (QED) is 0.300. The third-order valence-electron chi connectivity index (χ3n) is 7.47. The number of amides is 1. The van der Waals surface area contributed by atoms with Crippen LogP contribution >= 0.6 is 0 Å². The molecule has 1 aliphatic rings. The Morgan fingerprint density at radius 2 is 1.68 bits per heavy atom. The zero-order valence-electron chi connectivity index (χ0n) is 23.3. The summed E-state index contributed by atoms with van der Waals surface area (Å²) < 4.78 is 38.5. The summed E-state index contributed by atoms with van der Waals surface area (Å²) in [4.78, 5) is 13.1. The third kappa shape index (κ3) is 7.79. The molecule has 0 aromatic heterocycles. The van der Waals surface area contributed by atoms with Crippen LogP contribution in [0.2, 0.25) is 0 Å². The molecule has 6 nitrogen and oxygen atoms in total. The predicted octanol–water partition coefficient (Wildman–Crippen LogP) is 4.84. The van der Waals surface area contributed by atoms with E-state index in [2.05, 4.69) is 35.8 Å². The summed E-state index contributed by atoms with van der Waals surface area (Å²) in [7, 11) is 3.06. The molecular formula is C32H38F2N2O4. The molecule has 3 aromatic carbocycles. The smallest absolute Gasteiger partial charge is 0.224 e. The van der Waals surface area contributed by atoms with E-state index in [-0.39, 0.29) is 31.3 Å². The standard InChI is InChI=1S/C32H38F2N2O4/c1-4-20-8-9-23-6-5-7-29(28(23)14-20)35-19-31(37)30(15-21-10-24(33)17-25(34)11-21)36-32(38)16-22-12-26(39-2)18-27(13-22)40-3/h8-14,17-18,29-31,35,37H,4-7,15-16,19H2,1-3H3,(H,36,38)/t29-,30+,31-/m1/s1. The number of nitrogens with one attached hydrogen (secondary N) is 2. The molecular weight excluding hydrogens is 514 g/mol. The number of methoxy groups -OCH3 is 2. The molecule has 0 unspecified atom stereocenters. The van der Waals surface area contributed by atoms with Crippen molar-refractivity contribution in [3.8, 4) is 11.5 Å². The summed E-state index contributed by atoms with van der Waals surface area (Å²) in [5, 5.41) is 17.6. The SMILES string of the molecule is CCc1ccc2c(c1)[C@H](NC[C@@H](O)[C@H](Cc1cc(F)cc(F)c1)NC(=O)Cc1cc(OC)cc(OC)c1)CCC2. The van der Waals surface area contributed by atoms with Crippen molar-refractivity contribution in [2.45, 2.75) is 63.6 Å². The summed E-state index contributed by atoms with van der Waals surface area (Å²) in [6, 6.07) is 14.3. The van der Waals surface area contributed by atoms with Crippen molar-refractivity contribution in [3.05, 3.63) is 94.0 Å². The molecule has 0 fully saturated rings. The second-order valence-electron chi connectivity index (χ2n) is 10.4. The van der Waals surface area contributed by atoms with Crippen molar-refractivity contribution >= 4 is 5.91 Å². The van der Waals surface area contributed by atoms with Gasteiger partial charge in [0.2, 0.25) is 5.91 Å². The van der Waals surface area contributed by atoms with Gasteiger partial charge in [-0.2, -0.15) is 0 Å². The highest BCUT2D eigenvalue weighted by molar-refractivity contribution is 5.79. The van der Waals surface area contributed by atoms with Crippen molar-refractivity contribution in [1.82, 2.24) is 10.6 Å². The Hall–Kier alpha value is -3.49. The fourth-order valence-corrected chi connectivity index (χ4v) is 5.36. The third-order valence-corrected chi connectivity index (χ3v) is 7.47. The zero-order chi connectivity index (χ0) is 28.6. The van der Waals surface area contributed by atoms with Crippen LogP contribution in [0.4, 0.5) is 8.78 Å². The van der Waals surface area contributed by atoms with Gasteiger partial charge in [0.05, 0.1) is 32.8 Å². The zero-order valence-corrected chi connectivity index (χ0v) is 23.3. The minimum absolute atomic E-state index is 0.0114. The van der Waals surface area contributed by atoms with Crippen LogP contribution in [0.3, 0.4) is 0 Å². The molecule has 0 radical (unpaired) electrons. The molecule has 8 heteroatoms. The molecule has 0 bridgehead atoms. The first-order valence-electron chi connectivity index (χ1n) is 13.8. The number of rotatable bonds is 12. The lowest BCUT2D eigenvalue weighted by Gasteiger charge is -2.30. The summed E-state index contributed by atoms with van der Waals surface area (Å²) in [6.45, 7) is 2.33. The number of aliphatic hydroxyl groups excluding tert-OH is 1. The molecule has 3 N–H and O–H groups in total. The Balaban J connectivity index is 1.49. The summed E-state index contributed by atoms with van der Waals surface area (Å²) >= 11 is 0. The minimum atomic E-state index is -1.00. The molecule has 0 aliphatic heterocycles. The number of carbonyl (C=O) groups excluding carboxylic acids is 1. The maximum Gasteiger partial charge on any atom is 0.224 e. The molecule has 1 aliphatic carbocycles. The molecule has 0 saturated heterocycles. The lowest BCUT2D eigenvalue weighted by atomic mass is 9.86. The first kappa shape index (κ1) is 29.5. The average Bonchev–Trinajstić information content (AvgIpc) is 2.94. The molecule has 1 amide bonds. The van der Waals surface area contributed by atoms with Gasteiger partial charge >= 0.3 is 0 Å². The van der Waals surface area contributed by atoms with Crippen LogP contribution in [0.15, 0.2) is 54.6 Å². The van der Waals surface area contributed by atoms with Crippen LogP contribution in [-0.4, -0.2) is 43.9 Å². The van der Waals surface area contributed by atoms with Crippen molar-refractivity contribution in [2.75, 3.05) is 20.8 Å². The Morgan fingerprint density at radius 3 is 2.33 bits per heavy atom. The lowest BCUT2D eigenvalue weighted by molar-refractivity contribution is -0.122. The minimum Gasteiger partial charge on any atom is -0.497 e. The number of hydrogen-bond acceptors (Lipinski definition) is 5. The van der Waals surface area contributed by atoms with Crippen molar-refractivity contribution in [1.29, 1.82) is 0 Å². The van der Waals surface area contributed by atoms with Crippen LogP contribution in [0, 0.1) is 11.6 Å². The van der Waals surface area contributed by atoms with Gasteiger partial charge in [0.25, 0.3) is 0 Å². The van der Waals surface area contributed by atoms with Gasteiger partial charge < -0.3 is 25.2 Å². The lowest BCUT2D eigenvalue weighted by Crippen LogP contribution is -2.49. The van der Waals surface area contributed by atoms with Gasteiger partial charge in [-0.1, -0.05) is 25.1 Å². The number of aryl methyl sites for hydroxylation is 2. The van der Waals surface area contributed by atoms with Gasteiger partial charge in [0, 0.05) is 24.7 Å². The van der Waals surface area contributed by atoms with Crippen LogP contribution in [0.5, 0.6) is 11.5 Å². The molecule has 0 saturated carbocycles. The molecule has 3 aromatic rings. The van der Waals surface area contributed by atoms with E-state index in [9.17, 15) is 18.7 Å². The maximum absolute atomic E-state index is 13.9. The molecule has 40 heavy (non-hydrogen) atoms. The van der Waals surface area contributed by atoms with Gasteiger partial charge in [-0.05, 0) is 84.2 Å². The maximum atomic E-state index is 13.9. The highest BCUT2D eigenvalue weighted by atomic mass is 19.1. The number of ether oxygens (including phenoxy) is 2. The van der Waals surface area contributed by atoms with E-state index in [1.807, 2.05) is 0 Å². The number of halogens is 2. The largest absolute Gasteiger partial charge is 0.497 e. The van der Waals surface area contributed by atoms with E-state index >= 15 is 0 Å². The number of benzene rings is 3. The second-order valence-corrected chi connectivity index (χ2v) is 10.4. The van der Waals surface area contributed by atoms with Gasteiger partial charge in [-0.25, -0.2) is 8.78 Å². The van der Waals surface area contributed by atoms with E-state index < -0.39 is 23.8 Å². The van der Waals surface area contributed by atoms with Gasteiger partial charge in [0.15, 0.2) is 0 Å². The molecule has 0 heterocycles. The van der Waals surface area contributed by atoms with Crippen LogP contribution in [-0.2, 0) is 30.5 Å². The van der Waals surface area contributed by atoms with E-state index in [1.165, 1.54) is 43.0 Å². The Labute approximate surface area is 234 Å². The monoisotopic (exact) mass is 552 g/mol. The number of hydrogen-bond donors (Lipinski definition) is 3. The fourth-order valence-electron chi connectivity index (χ4n) is 5.36. The Kier molecular flexibility index (Phi) is 10.1. The van der Waals surface area contributed by atoms with Gasteiger partial charge in [0.1, 0.15) is 23.1 Å². The van der Waals surface area contributed by atoms with Gasteiger partial charge in [-0.3, -0.25) is 4.79 Å². The highest BCUT2D eigenvalue weighted by Gasteiger charge is 2.26.